The van der Waals surface area contributed by atoms with Gasteiger partial charge in [-0.05, 0) is 61.4 Å². The second-order valence-corrected chi connectivity index (χ2v) is 5.49. The highest BCUT2D eigenvalue weighted by molar-refractivity contribution is 14.1. The van der Waals surface area contributed by atoms with Gasteiger partial charge in [0.25, 0.3) is 0 Å². The highest BCUT2D eigenvalue weighted by atomic mass is 127. The molecule has 0 amide bonds. The van der Waals surface area contributed by atoms with Crippen LogP contribution in [0.25, 0.3) is 0 Å². The number of aryl methyl sites for hydroxylation is 3. The van der Waals surface area contributed by atoms with Crippen LogP contribution in [0.3, 0.4) is 0 Å². The van der Waals surface area contributed by atoms with E-state index in [4.69, 9.17) is 9.47 Å². The molecule has 1 aromatic carbocycles. The molecule has 0 spiro atoms. The SMILES string of the molecule is Cc1cc(C)c(OC(=O)OC(C)I)c(C)c1. The quantitative estimate of drug-likeness (QED) is 0.356. The van der Waals surface area contributed by atoms with Crippen LogP contribution < -0.4 is 4.74 Å². The Kier molecular flexibility index (Phi) is 4.58. The summed E-state index contributed by atoms with van der Waals surface area (Å²) in [5.74, 6) is 0.590. The molecule has 0 radical (unpaired) electrons. The molecule has 1 atom stereocenters. The van der Waals surface area contributed by atoms with E-state index >= 15 is 0 Å². The van der Waals surface area contributed by atoms with E-state index < -0.39 is 6.16 Å². The first-order chi connectivity index (χ1) is 7.40. The second-order valence-electron chi connectivity index (χ2n) is 3.74. The Morgan fingerprint density at radius 1 is 1.25 bits per heavy atom. The van der Waals surface area contributed by atoms with Gasteiger partial charge in [0.2, 0.25) is 0 Å². The number of carbonyl (C=O) groups is 1. The zero-order valence-electron chi connectivity index (χ0n) is 9.83. The molecule has 0 aliphatic heterocycles. The van der Waals surface area contributed by atoms with Gasteiger partial charge in [0.1, 0.15) is 5.75 Å². The lowest BCUT2D eigenvalue weighted by Crippen LogP contribution is -2.15. The average Bonchev–Trinajstić information content (AvgIpc) is 2.09. The van der Waals surface area contributed by atoms with Crippen molar-refractivity contribution in [3.8, 4) is 5.75 Å². The molecule has 1 unspecified atom stereocenters. The van der Waals surface area contributed by atoms with Crippen molar-refractivity contribution in [3.63, 3.8) is 0 Å². The van der Waals surface area contributed by atoms with Crippen molar-refractivity contribution in [2.45, 2.75) is 31.8 Å². The standard InChI is InChI=1S/C12H15IO3/c1-7-5-8(2)11(9(3)6-7)16-12(14)15-10(4)13/h5-6,10H,1-4H3. The highest BCUT2D eigenvalue weighted by Gasteiger charge is 2.13. The van der Waals surface area contributed by atoms with Gasteiger partial charge in [-0.15, -0.1) is 0 Å². The first-order valence-corrected chi connectivity index (χ1v) is 6.25. The number of rotatable bonds is 2. The van der Waals surface area contributed by atoms with Crippen molar-refractivity contribution in [2.75, 3.05) is 0 Å². The molecule has 0 aliphatic carbocycles. The molecule has 88 valence electrons. The number of carbonyl (C=O) groups excluding carboxylic acids is 1. The summed E-state index contributed by atoms with van der Waals surface area (Å²) in [5, 5.41) is 0. The molecule has 0 fully saturated rings. The zero-order chi connectivity index (χ0) is 12.3. The molecule has 3 nitrogen and oxygen atoms in total. The number of hydrogen-bond donors (Lipinski definition) is 0. The Bertz CT molecular complexity index is 376. The molecule has 0 saturated heterocycles. The van der Waals surface area contributed by atoms with E-state index in [-0.39, 0.29) is 4.11 Å². The lowest BCUT2D eigenvalue weighted by molar-refractivity contribution is 0.0983. The minimum Gasteiger partial charge on any atom is -0.420 e. The lowest BCUT2D eigenvalue weighted by atomic mass is 10.1. The minimum absolute atomic E-state index is 0.198. The summed E-state index contributed by atoms with van der Waals surface area (Å²) in [6.07, 6.45) is -0.656. The fourth-order valence-corrected chi connectivity index (χ4v) is 1.78. The Balaban J connectivity index is 2.85. The van der Waals surface area contributed by atoms with Crippen molar-refractivity contribution < 1.29 is 14.3 Å². The van der Waals surface area contributed by atoms with Crippen LogP contribution in [-0.2, 0) is 4.74 Å². The van der Waals surface area contributed by atoms with E-state index in [1.54, 1.807) is 6.92 Å². The van der Waals surface area contributed by atoms with Gasteiger partial charge in [-0.1, -0.05) is 17.7 Å². The number of hydrogen-bond acceptors (Lipinski definition) is 3. The van der Waals surface area contributed by atoms with Gasteiger partial charge >= 0.3 is 6.16 Å². The van der Waals surface area contributed by atoms with Crippen molar-refractivity contribution in [1.29, 1.82) is 0 Å². The molecule has 0 saturated carbocycles. The predicted molar refractivity (Wildman–Crippen MR) is 71.2 cm³/mol. The first-order valence-electron chi connectivity index (χ1n) is 5.00. The van der Waals surface area contributed by atoms with Gasteiger partial charge in [0.15, 0.2) is 4.11 Å². The molecular weight excluding hydrogens is 319 g/mol. The summed E-state index contributed by atoms with van der Waals surface area (Å²) >= 11 is 2.00. The number of halogens is 1. The van der Waals surface area contributed by atoms with Crippen LogP contribution in [0.5, 0.6) is 5.75 Å². The summed E-state index contributed by atoms with van der Waals surface area (Å²) in [6.45, 7) is 7.61. The van der Waals surface area contributed by atoms with E-state index in [9.17, 15) is 4.79 Å². The normalized spacial score (nSPS) is 12.1. The summed E-state index contributed by atoms with van der Waals surface area (Å²) in [7, 11) is 0. The van der Waals surface area contributed by atoms with Crippen LogP contribution in [-0.4, -0.2) is 10.3 Å². The first kappa shape index (κ1) is 13.3. The molecule has 0 bridgehead atoms. The third kappa shape index (κ3) is 3.66. The number of benzene rings is 1. The third-order valence-corrected chi connectivity index (χ3v) is 2.30. The molecule has 0 N–H and O–H groups in total. The van der Waals surface area contributed by atoms with Crippen LogP contribution in [0.4, 0.5) is 4.79 Å². The highest BCUT2D eigenvalue weighted by Crippen LogP contribution is 2.25. The van der Waals surface area contributed by atoms with Crippen molar-refractivity contribution >= 4 is 28.7 Å². The van der Waals surface area contributed by atoms with Crippen LogP contribution >= 0.6 is 22.6 Å². The lowest BCUT2D eigenvalue weighted by Gasteiger charge is -2.12. The molecule has 4 heteroatoms. The van der Waals surface area contributed by atoms with E-state index in [1.165, 1.54) is 0 Å². The van der Waals surface area contributed by atoms with Crippen LogP contribution in [0.1, 0.15) is 23.6 Å². The molecule has 16 heavy (non-hydrogen) atoms. The maximum absolute atomic E-state index is 11.4. The average molecular weight is 334 g/mol. The number of ether oxygens (including phenoxy) is 2. The van der Waals surface area contributed by atoms with Crippen LogP contribution in [0, 0.1) is 20.8 Å². The molecule has 0 heterocycles. The Labute approximate surface area is 109 Å². The topological polar surface area (TPSA) is 35.5 Å². The monoisotopic (exact) mass is 334 g/mol. The van der Waals surface area contributed by atoms with Gasteiger partial charge in [-0.2, -0.15) is 0 Å². The van der Waals surface area contributed by atoms with Crippen molar-refractivity contribution in [3.05, 3.63) is 28.8 Å². The maximum atomic E-state index is 11.4. The van der Waals surface area contributed by atoms with Crippen LogP contribution in [0.15, 0.2) is 12.1 Å². The Hall–Kier alpha value is -0.780. The molecule has 0 aliphatic rings. The molecule has 0 aromatic heterocycles. The summed E-state index contributed by atoms with van der Waals surface area (Å²) < 4.78 is 9.90. The predicted octanol–water partition coefficient (Wildman–Crippen LogP) is 3.91. The number of alkyl halides is 1. The Morgan fingerprint density at radius 3 is 2.19 bits per heavy atom. The van der Waals surface area contributed by atoms with Gasteiger partial charge < -0.3 is 9.47 Å². The summed E-state index contributed by atoms with van der Waals surface area (Å²) in [6, 6.07) is 3.95. The van der Waals surface area contributed by atoms with Gasteiger partial charge in [-0.3, -0.25) is 0 Å². The van der Waals surface area contributed by atoms with E-state index in [0.29, 0.717) is 5.75 Å². The summed E-state index contributed by atoms with van der Waals surface area (Å²) in [5.41, 5.74) is 3.03. The minimum atomic E-state index is -0.656. The molecule has 1 rings (SSSR count). The molecule has 1 aromatic rings. The maximum Gasteiger partial charge on any atom is 0.514 e. The van der Waals surface area contributed by atoms with Crippen molar-refractivity contribution in [1.82, 2.24) is 0 Å². The Morgan fingerprint density at radius 2 is 1.75 bits per heavy atom. The van der Waals surface area contributed by atoms with Crippen molar-refractivity contribution in [2.24, 2.45) is 0 Å². The summed E-state index contributed by atoms with van der Waals surface area (Å²) in [4.78, 5) is 11.4. The van der Waals surface area contributed by atoms with E-state index in [0.717, 1.165) is 16.7 Å². The molecular formula is C12H15IO3. The van der Waals surface area contributed by atoms with E-state index in [1.807, 2.05) is 55.5 Å². The van der Waals surface area contributed by atoms with Gasteiger partial charge in [-0.25, -0.2) is 4.79 Å². The van der Waals surface area contributed by atoms with E-state index in [2.05, 4.69) is 0 Å². The fourth-order valence-electron chi connectivity index (χ4n) is 1.57. The van der Waals surface area contributed by atoms with Gasteiger partial charge in [0, 0.05) is 0 Å². The largest absolute Gasteiger partial charge is 0.514 e. The second kappa shape index (κ2) is 5.52. The fraction of sp³-hybridized carbons (Fsp3) is 0.417. The smallest absolute Gasteiger partial charge is 0.420 e. The third-order valence-electron chi connectivity index (χ3n) is 2.05. The zero-order valence-corrected chi connectivity index (χ0v) is 12.0. The van der Waals surface area contributed by atoms with Gasteiger partial charge in [0.05, 0.1) is 0 Å². The van der Waals surface area contributed by atoms with Crippen LogP contribution in [0.2, 0.25) is 0 Å².